The first-order valence-corrected chi connectivity index (χ1v) is 8.20. The number of rotatable bonds is 5. The Morgan fingerprint density at radius 1 is 1.12 bits per heavy atom. The van der Waals surface area contributed by atoms with Gasteiger partial charge in [-0.15, -0.1) is 0 Å². The van der Waals surface area contributed by atoms with Crippen molar-refractivity contribution in [2.75, 3.05) is 20.6 Å². The standard InChI is InChI=1S/C19H22N4O2/c1-13-5-10-16(19(24)23(13)4)17-20-18(25-21-17)15-8-6-14(7-9-15)11-12-22(2)3/h5-10H,11-12H2,1-4H3. The van der Waals surface area contributed by atoms with Crippen molar-refractivity contribution in [3.63, 3.8) is 0 Å². The van der Waals surface area contributed by atoms with Crippen LogP contribution in [-0.2, 0) is 13.5 Å². The van der Waals surface area contributed by atoms with Gasteiger partial charge >= 0.3 is 0 Å². The highest BCUT2D eigenvalue weighted by Gasteiger charge is 2.14. The molecule has 2 heterocycles. The van der Waals surface area contributed by atoms with Gasteiger partial charge in [0, 0.05) is 24.8 Å². The lowest BCUT2D eigenvalue weighted by atomic mass is 10.1. The molecule has 0 bridgehead atoms. The molecule has 1 aromatic carbocycles. The Bertz CT molecular complexity index is 923. The SMILES string of the molecule is Cc1ccc(-c2noc(-c3ccc(CCN(C)C)cc3)n2)c(=O)n1C. The highest BCUT2D eigenvalue weighted by Crippen LogP contribution is 2.21. The van der Waals surface area contributed by atoms with Crippen molar-refractivity contribution in [3.8, 4) is 22.8 Å². The van der Waals surface area contributed by atoms with Gasteiger partial charge in [-0.1, -0.05) is 17.3 Å². The zero-order valence-electron chi connectivity index (χ0n) is 15.0. The Morgan fingerprint density at radius 3 is 2.52 bits per heavy atom. The van der Waals surface area contributed by atoms with Gasteiger partial charge in [-0.05, 0) is 57.3 Å². The fraction of sp³-hybridized carbons (Fsp3) is 0.316. The molecule has 0 aliphatic rings. The summed E-state index contributed by atoms with van der Waals surface area (Å²) >= 11 is 0. The molecule has 0 aliphatic carbocycles. The fourth-order valence-corrected chi connectivity index (χ4v) is 2.51. The average Bonchev–Trinajstić information content (AvgIpc) is 3.08. The largest absolute Gasteiger partial charge is 0.334 e. The minimum atomic E-state index is -0.133. The second-order valence-electron chi connectivity index (χ2n) is 6.43. The quantitative estimate of drug-likeness (QED) is 0.715. The van der Waals surface area contributed by atoms with Crippen molar-refractivity contribution < 1.29 is 4.52 Å². The van der Waals surface area contributed by atoms with Gasteiger partial charge in [-0.3, -0.25) is 4.79 Å². The summed E-state index contributed by atoms with van der Waals surface area (Å²) in [6.07, 6.45) is 0.988. The average molecular weight is 338 g/mol. The van der Waals surface area contributed by atoms with Gasteiger partial charge in [0.1, 0.15) is 0 Å². The van der Waals surface area contributed by atoms with Crippen LogP contribution < -0.4 is 5.56 Å². The zero-order chi connectivity index (χ0) is 18.0. The predicted octanol–water partition coefficient (Wildman–Crippen LogP) is 2.51. The van der Waals surface area contributed by atoms with Crippen LogP contribution in [0.15, 0.2) is 45.7 Å². The van der Waals surface area contributed by atoms with Crippen LogP contribution in [0.2, 0.25) is 0 Å². The topological polar surface area (TPSA) is 64.2 Å². The summed E-state index contributed by atoms with van der Waals surface area (Å²) in [6.45, 7) is 2.88. The van der Waals surface area contributed by atoms with Gasteiger partial charge in [-0.2, -0.15) is 4.98 Å². The van der Waals surface area contributed by atoms with Gasteiger partial charge in [-0.25, -0.2) is 0 Å². The molecule has 0 unspecified atom stereocenters. The van der Waals surface area contributed by atoms with Crippen LogP contribution in [0.1, 0.15) is 11.3 Å². The van der Waals surface area contributed by atoms with Crippen LogP contribution in [0.5, 0.6) is 0 Å². The molecule has 0 amide bonds. The van der Waals surface area contributed by atoms with Gasteiger partial charge in [0.15, 0.2) is 0 Å². The van der Waals surface area contributed by atoms with Crippen molar-refractivity contribution in [1.29, 1.82) is 0 Å². The molecule has 130 valence electrons. The molecule has 3 rings (SSSR count). The first-order valence-electron chi connectivity index (χ1n) is 8.20. The highest BCUT2D eigenvalue weighted by molar-refractivity contribution is 5.59. The predicted molar refractivity (Wildman–Crippen MR) is 97.4 cm³/mol. The van der Waals surface area contributed by atoms with E-state index in [0.29, 0.717) is 17.3 Å². The van der Waals surface area contributed by atoms with E-state index in [1.165, 1.54) is 5.56 Å². The Labute approximate surface area is 146 Å². The number of likely N-dealkylation sites (N-methyl/N-ethyl adjacent to an activating group) is 1. The molecular weight excluding hydrogens is 316 g/mol. The molecule has 0 saturated heterocycles. The van der Waals surface area contributed by atoms with E-state index < -0.39 is 0 Å². The summed E-state index contributed by atoms with van der Waals surface area (Å²) in [5.41, 5.74) is 3.28. The first-order chi connectivity index (χ1) is 12.0. The molecule has 6 nitrogen and oxygen atoms in total. The molecule has 0 radical (unpaired) electrons. The Morgan fingerprint density at radius 2 is 1.84 bits per heavy atom. The Hall–Kier alpha value is -2.73. The van der Waals surface area contributed by atoms with Crippen molar-refractivity contribution >= 4 is 0 Å². The van der Waals surface area contributed by atoms with Gasteiger partial charge in [0.2, 0.25) is 5.82 Å². The normalized spacial score (nSPS) is 11.2. The maximum atomic E-state index is 12.3. The number of aromatic nitrogens is 3. The summed E-state index contributed by atoms with van der Waals surface area (Å²) in [4.78, 5) is 18.9. The first kappa shape index (κ1) is 17.1. The van der Waals surface area contributed by atoms with E-state index in [-0.39, 0.29) is 5.56 Å². The Kier molecular flexibility index (Phi) is 4.81. The molecule has 6 heteroatoms. The van der Waals surface area contributed by atoms with Crippen LogP contribution in [0.25, 0.3) is 22.8 Å². The van der Waals surface area contributed by atoms with Crippen LogP contribution in [0, 0.1) is 6.92 Å². The van der Waals surface area contributed by atoms with E-state index >= 15 is 0 Å². The third kappa shape index (κ3) is 3.69. The maximum absolute atomic E-state index is 12.3. The molecule has 0 aliphatic heterocycles. The van der Waals surface area contributed by atoms with Crippen molar-refractivity contribution in [2.45, 2.75) is 13.3 Å². The van der Waals surface area contributed by atoms with E-state index in [1.807, 2.05) is 25.1 Å². The van der Waals surface area contributed by atoms with Crippen LogP contribution in [0.3, 0.4) is 0 Å². The lowest BCUT2D eigenvalue weighted by Gasteiger charge is -2.08. The lowest BCUT2D eigenvalue weighted by molar-refractivity contribution is 0.413. The molecule has 0 N–H and O–H groups in total. The van der Waals surface area contributed by atoms with Crippen LogP contribution in [-0.4, -0.2) is 40.2 Å². The third-order valence-electron chi connectivity index (χ3n) is 4.27. The van der Waals surface area contributed by atoms with Crippen molar-refractivity contribution in [1.82, 2.24) is 19.6 Å². The van der Waals surface area contributed by atoms with Crippen LogP contribution in [0.4, 0.5) is 0 Å². The minimum Gasteiger partial charge on any atom is -0.334 e. The van der Waals surface area contributed by atoms with E-state index in [0.717, 1.165) is 24.2 Å². The van der Waals surface area contributed by atoms with Crippen LogP contribution >= 0.6 is 0 Å². The molecule has 0 atom stereocenters. The summed E-state index contributed by atoms with van der Waals surface area (Å²) in [5, 5.41) is 3.97. The summed E-state index contributed by atoms with van der Waals surface area (Å²) in [7, 11) is 5.85. The molecule has 0 fully saturated rings. The second-order valence-corrected chi connectivity index (χ2v) is 6.43. The second kappa shape index (κ2) is 7.03. The third-order valence-corrected chi connectivity index (χ3v) is 4.27. The molecular formula is C19H22N4O2. The Balaban J connectivity index is 1.84. The summed E-state index contributed by atoms with van der Waals surface area (Å²) < 4.78 is 6.93. The maximum Gasteiger partial charge on any atom is 0.261 e. The number of hydrogen-bond donors (Lipinski definition) is 0. The number of aryl methyl sites for hydroxylation is 1. The summed E-state index contributed by atoms with van der Waals surface area (Å²) in [6, 6.07) is 11.7. The number of benzene rings is 1. The molecule has 2 aromatic heterocycles. The van der Waals surface area contributed by atoms with E-state index in [4.69, 9.17) is 4.52 Å². The van der Waals surface area contributed by atoms with E-state index in [2.05, 4.69) is 41.3 Å². The molecule has 25 heavy (non-hydrogen) atoms. The van der Waals surface area contributed by atoms with Gasteiger partial charge in [0.05, 0.1) is 5.56 Å². The van der Waals surface area contributed by atoms with Crippen molar-refractivity contribution in [2.24, 2.45) is 7.05 Å². The molecule has 0 spiro atoms. The summed E-state index contributed by atoms with van der Waals surface area (Å²) in [5.74, 6) is 0.726. The lowest BCUT2D eigenvalue weighted by Crippen LogP contribution is -2.20. The fourth-order valence-electron chi connectivity index (χ4n) is 2.51. The van der Waals surface area contributed by atoms with Gasteiger partial charge < -0.3 is 14.0 Å². The smallest absolute Gasteiger partial charge is 0.261 e. The number of pyridine rings is 1. The monoisotopic (exact) mass is 338 g/mol. The molecule has 3 aromatic rings. The van der Waals surface area contributed by atoms with E-state index in [9.17, 15) is 4.79 Å². The number of hydrogen-bond acceptors (Lipinski definition) is 5. The zero-order valence-corrected chi connectivity index (χ0v) is 15.0. The van der Waals surface area contributed by atoms with Crippen molar-refractivity contribution in [3.05, 3.63) is 58.0 Å². The highest BCUT2D eigenvalue weighted by atomic mass is 16.5. The van der Waals surface area contributed by atoms with Gasteiger partial charge in [0.25, 0.3) is 11.4 Å². The van der Waals surface area contributed by atoms with E-state index in [1.54, 1.807) is 17.7 Å². The number of nitrogens with zero attached hydrogens (tertiary/aromatic N) is 4. The minimum absolute atomic E-state index is 0.133. The molecule has 0 saturated carbocycles.